The van der Waals surface area contributed by atoms with Gasteiger partial charge < -0.3 is 14.2 Å². The van der Waals surface area contributed by atoms with Crippen LogP contribution in [-0.2, 0) is 14.3 Å². The van der Waals surface area contributed by atoms with Crippen molar-refractivity contribution in [2.75, 3.05) is 14.2 Å². The van der Waals surface area contributed by atoms with E-state index in [4.69, 9.17) is 21.1 Å². The summed E-state index contributed by atoms with van der Waals surface area (Å²) >= 11 is 12.6. The second-order valence-corrected chi connectivity index (χ2v) is 6.79. The number of hydrogen-bond donors (Lipinski definition) is 0. The monoisotopic (exact) mass is 412 g/mol. The molecule has 0 aliphatic carbocycles. The molecule has 0 saturated carbocycles. The third kappa shape index (κ3) is 4.71. The molecule has 0 N–H and O–H groups in total. The zero-order chi connectivity index (χ0) is 14.4. The van der Waals surface area contributed by atoms with Crippen molar-refractivity contribution in [3.8, 4) is 5.75 Å². The standard InChI is InChI=1S/C12H11Br2ClO4/c1-17-6-10(12(16)18-2)19-9-4-3-7(15)5-8(9)11(13)14/h3-6,11H,1-2H3/b10-6+. The zero-order valence-electron chi connectivity index (χ0n) is 10.2. The third-order valence-corrected chi connectivity index (χ3v) is 3.26. The second-order valence-electron chi connectivity index (χ2n) is 3.29. The fourth-order valence-corrected chi connectivity index (χ4v) is 2.12. The predicted molar refractivity (Wildman–Crippen MR) is 79.8 cm³/mol. The van der Waals surface area contributed by atoms with Crippen molar-refractivity contribution in [3.63, 3.8) is 0 Å². The molecule has 0 aliphatic heterocycles. The largest absolute Gasteiger partial charge is 0.500 e. The van der Waals surface area contributed by atoms with Gasteiger partial charge in [-0.2, -0.15) is 0 Å². The highest BCUT2D eigenvalue weighted by Crippen LogP contribution is 2.38. The second kappa shape index (κ2) is 7.77. The molecule has 0 radical (unpaired) electrons. The minimum absolute atomic E-state index is 0.0609. The van der Waals surface area contributed by atoms with Crippen LogP contribution in [0, 0.1) is 0 Å². The van der Waals surface area contributed by atoms with Crippen molar-refractivity contribution in [1.29, 1.82) is 0 Å². The van der Waals surface area contributed by atoms with Crippen molar-refractivity contribution in [2.45, 2.75) is 3.74 Å². The molecule has 19 heavy (non-hydrogen) atoms. The normalized spacial score (nSPS) is 11.4. The molecule has 1 aromatic rings. The fourth-order valence-electron chi connectivity index (χ4n) is 1.22. The molecule has 0 saturated heterocycles. The topological polar surface area (TPSA) is 44.8 Å². The van der Waals surface area contributed by atoms with E-state index in [0.717, 1.165) is 5.56 Å². The first kappa shape index (κ1) is 16.3. The lowest BCUT2D eigenvalue weighted by atomic mass is 10.2. The molecule has 0 heterocycles. The zero-order valence-corrected chi connectivity index (χ0v) is 14.1. The number of hydrogen-bond acceptors (Lipinski definition) is 4. The van der Waals surface area contributed by atoms with Gasteiger partial charge in [0.1, 0.15) is 12.0 Å². The van der Waals surface area contributed by atoms with Gasteiger partial charge in [0, 0.05) is 10.6 Å². The Bertz CT molecular complexity index is 489. The lowest BCUT2D eigenvalue weighted by molar-refractivity contribution is -0.138. The molecular formula is C12H11Br2ClO4. The average molecular weight is 414 g/mol. The Morgan fingerprint density at radius 3 is 2.58 bits per heavy atom. The molecule has 0 fully saturated rings. The van der Waals surface area contributed by atoms with Gasteiger partial charge in [-0.1, -0.05) is 43.5 Å². The van der Waals surface area contributed by atoms with Crippen LogP contribution < -0.4 is 4.74 Å². The van der Waals surface area contributed by atoms with Crippen molar-refractivity contribution >= 4 is 49.4 Å². The van der Waals surface area contributed by atoms with E-state index in [9.17, 15) is 4.79 Å². The van der Waals surface area contributed by atoms with Gasteiger partial charge in [0.2, 0.25) is 5.76 Å². The molecule has 7 heteroatoms. The maximum Gasteiger partial charge on any atom is 0.377 e. The lowest BCUT2D eigenvalue weighted by Gasteiger charge is -2.13. The van der Waals surface area contributed by atoms with Crippen LogP contribution in [0.25, 0.3) is 0 Å². The van der Waals surface area contributed by atoms with Gasteiger partial charge in [0.25, 0.3) is 0 Å². The molecule has 0 amide bonds. The first-order valence-corrected chi connectivity index (χ1v) is 7.27. The number of carbonyl (C=O) groups is 1. The van der Waals surface area contributed by atoms with E-state index in [2.05, 4.69) is 36.6 Å². The number of ether oxygens (including phenoxy) is 3. The van der Waals surface area contributed by atoms with E-state index < -0.39 is 5.97 Å². The van der Waals surface area contributed by atoms with Crippen LogP contribution >= 0.6 is 43.5 Å². The van der Waals surface area contributed by atoms with Gasteiger partial charge in [-0.15, -0.1) is 0 Å². The molecule has 0 atom stereocenters. The maximum absolute atomic E-state index is 11.5. The maximum atomic E-state index is 11.5. The Kier molecular flexibility index (Phi) is 6.68. The minimum Gasteiger partial charge on any atom is -0.500 e. The summed E-state index contributed by atoms with van der Waals surface area (Å²) in [4.78, 5) is 11.5. The highest BCUT2D eigenvalue weighted by molar-refractivity contribution is 9.24. The summed E-state index contributed by atoms with van der Waals surface area (Å²) in [6.07, 6.45) is 1.17. The SMILES string of the molecule is CO/C=C(/Oc1ccc(Cl)cc1C(Br)Br)C(=O)OC. The number of esters is 1. The highest BCUT2D eigenvalue weighted by atomic mass is 79.9. The van der Waals surface area contributed by atoms with Crippen LogP contribution in [0.5, 0.6) is 5.75 Å². The first-order chi connectivity index (χ1) is 8.99. The first-order valence-electron chi connectivity index (χ1n) is 5.06. The Balaban J connectivity index is 3.09. The minimum atomic E-state index is -0.636. The van der Waals surface area contributed by atoms with Gasteiger partial charge in [0.15, 0.2) is 0 Å². The van der Waals surface area contributed by atoms with Crippen LogP contribution in [0.15, 0.2) is 30.2 Å². The van der Waals surface area contributed by atoms with E-state index in [1.165, 1.54) is 20.5 Å². The summed E-state index contributed by atoms with van der Waals surface area (Å²) in [5.74, 6) is -0.241. The lowest BCUT2D eigenvalue weighted by Crippen LogP contribution is -2.12. The predicted octanol–water partition coefficient (Wildman–Crippen LogP) is 4.17. The molecule has 0 unspecified atom stereocenters. The Morgan fingerprint density at radius 2 is 2.05 bits per heavy atom. The summed E-state index contributed by atoms with van der Waals surface area (Å²) in [6, 6.07) is 5.02. The van der Waals surface area contributed by atoms with E-state index in [1.54, 1.807) is 18.2 Å². The number of benzene rings is 1. The number of halogens is 3. The summed E-state index contributed by atoms with van der Waals surface area (Å²) in [6.45, 7) is 0. The summed E-state index contributed by atoms with van der Waals surface area (Å²) < 4.78 is 14.7. The summed E-state index contributed by atoms with van der Waals surface area (Å²) in [5, 5.41) is 0.557. The Labute approximate surface area is 132 Å². The molecule has 0 aromatic heterocycles. The molecule has 1 aromatic carbocycles. The Morgan fingerprint density at radius 1 is 1.37 bits per heavy atom. The van der Waals surface area contributed by atoms with Gasteiger partial charge >= 0.3 is 5.97 Å². The van der Waals surface area contributed by atoms with E-state index in [1.807, 2.05) is 0 Å². The number of methoxy groups -OCH3 is 2. The Hall–Kier alpha value is -0.720. The molecule has 4 nitrogen and oxygen atoms in total. The molecule has 0 bridgehead atoms. The molecule has 104 valence electrons. The van der Waals surface area contributed by atoms with Crippen molar-refractivity contribution < 1.29 is 19.0 Å². The third-order valence-electron chi connectivity index (χ3n) is 2.04. The molecule has 0 aliphatic rings. The molecular weight excluding hydrogens is 403 g/mol. The van der Waals surface area contributed by atoms with Gasteiger partial charge in [0.05, 0.1) is 18.0 Å². The fraction of sp³-hybridized carbons (Fsp3) is 0.250. The smallest absolute Gasteiger partial charge is 0.377 e. The average Bonchev–Trinajstić information content (AvgIpc) is 2.38. The summed E-state index contributed by atoms with van der Waals surface area (Å²) in [7, 11) is 2.67. The van der Waals surface area contributed by atoms with Gasteiger partial charge in [-0.3, -0.25) is 0 Å². The number of alkyl halides is 2. The highest BCUT2D eigenvalue weighted by Gasteiger charge is 2.18. The quantitative estimate of drug-likeness (QED) is 0.314. The van der Waals surface area contributed by atoms with Crippen molar-refractivity contribution in [2.24, 2.45) is 0 Å². The van der Waals surface area contributed by atoms with Crippen molar-refractivity contribution in [1.82, 2.24) is 0 Å². The molecule has 1 rings (SSSR count). The molecule has 0 spiro atoms. The van der Waals surface area contributed by atoms with Gasteiger partial charge in [-0.05, 0) is 18.2 Å². The summed E-state index contributed by atoms with van der Waals surface area (Å²) in [5.41, 5.74) is 0.735. The van der Waals surface area contributed by atoms with E-state index in [-0.39, 0.29) is 9.50 Å². The number of carbonyl (C=O) groups excluding carboxylic acids is 1. The van der Waals surface area contributed by atoms with Crippen LogP contribution in [0.1, 0.15) is 9.30 Å². The van der Waals surface area contributed by atoms with Crippen LogP contribution in [0.2, 0.25) is 5.02 Å². The van der Waals surface area contributed by atoms with Gasteiger partial charge in [-0.25, -0.2) is 4.79 Å². The van der Waals surface area contributed by atoms with Crippen LogP contribution in [-0.4, -0.2) is 20.2 Å². The van der Waals surface area contributed by atoms with Crippen LogP contribution in [0.4, 0.5) is 0 Å². The van der Waals surface area contributed by atoms with Crippen LogP contribution in [0.3, 0.4) is 0 Å². The van der Waals surface area contributed by atoms with E-state index in [0.29, 0.717) is 10.8 Å². The van der Waals surface area contributed by atoms with Crippen molar-refractivity contribution in [3.05, 3.63) is 40.8 Å². The van der Waals surface area contributed by atoms with E-state index >= 15 is 0 Å². The number of rotatable bonds is 5.